The third-order valence-corrected chi connectivity index (χ3v) is 4.63. The topological polar surface area (TPSA) is 55.8 Å². The van der Waals surface area contributed by atoms with E-state index in [2.05, 4.69) is 0 Å². The maximum Gasteiger partial charge on any atom is 0.268 e. The van der Waals surface area contributed by atoms with Gasteiger partial charge in [-0.2, -0.15) is 0 Å². The van der Waals surface area contributed by atoms with Crippen molar-refractivity contribution in [2.75, 3.05) is 18.1 Å². The Labute approximate surface area is 159 Å². The SMILES string of the molecule is CC(=O)c1ccc2c(c1)N(CCOc1ccc(C)cc1)C(=O)C(C(C)C)O2. The first-order valence-corrected chi connectivity index (χ1v) is 9.19. The molecule has 0 spiro atoms. The molecule has 0 aliphatic carbocycles. The van der Waals surface area contributed by atoms with Gasteiger partial charge in [-0.1, -0.05) is 31.5 Å². The Morgan fingerprint density at radius 3 is 2.52 bits per heavy atom. The minimum atomic E-state index is -0.542. The molecule has 0 aromatic heterocycles. The van der Waals surface area contributed by atoms with E-state index in [0.717, 1.165) is 11.3 Å². The molecular formula is C22H25NO4. The van der Waals surface area contributed by atoms with E-state index in [-0.39, 0.29) is 17.6 Å². The van der Waals surface area contributed by atoms with Crippen LogP contribution in [0.5, 0.6) is 11.5 Å². The molecule has 0 fully saturated rings. The molecule has 0 radical (unpaired) electrons. The zero-order chi connectivity index (χ0) is 19.6. The van der Waals surface area contributed by atoms with E-state index in [1.807, 2.05) is 45.0 Å². The molecule has 1 atom stereocenters. The summed E-state index contributed by atoms with van der Waals surface area (Å²) in [7, 11) is 0. The van der Waals surface area contributed by atoms with Gasteiger partial charge in [-0.15, -0.1) is 0 Å². The molecule has 1 heterocycles. The van der Waals surface area contributed by atoms with Crippen LogP contribution in [0, 0.1) is 12.8 Å². The number of anilines is 1. The molecule has 0 bridgehead atoms. The summed E-state index contributed by atoms with van der Waals surface area (Å²) in [4.78, 5) is 26.4. The van der Waals surface area contributed by atoms with Crippen LogP contribution in [0.4, 0.5) is 5.69 Å². The number of rotatable bonds is 6. The van der Waals surface area contributed by atoms with Crippen LogP contribution in [0.15, 0.2) is 42.5 Å². The molecular weight excluding hydrogens is 342 g/mol. The largest absolute Gasteiger partial charge is 0.492 e. The van der Waals surface area contributed by atoms with Crippen LogP contribution in [0.1, 0.15) is 36.7 Å². The molecule has 1 unspecified atom stereocenters. The lowest BCUT2D eigenvalue weighted by atomic mass is 10.0. The highest BCUT2D eigenvalue weighted by Gasteiger charge is 2.36. The van der Waals surface area contributed by atoms with Crippen LogP contribution in [0.25, 0.3) is 0 Å². The molecule has 2 aromatic carbocycles. The van der Waals surface area contributed by atoms with Crippen molar-refractivity contribution in [1.29, 1.82) is 0 Å². The van der Waals surface area contributed by atoms with Crippen LogP contribution in [-0.4, -0.2) is 30.9 Å². The first kappa shape index (κ1) is 19.0. The lowest BCUT2D eigenvalue weighted by Crippen LogP contribution is -2.49. The van der Waals surface area contributed by atoms with Crippen LogP contribution >= 0.6 is 0 Å². The van der Waals surface area contributed by atoms with E-state index in [1.54, 1.807) is 23.1 Å². The molecule has 3 rings (SSSR count). The van der Waals surface area contributed by atoms with Gasteiger partial charge in [0.15, 0.2) is 11.9 Å². The molecule has 0 saturated heterocycles. The first-order valence-electron chi connectivity index (χ1n) is 9.19. The third-order valence-electron chi connectivity index (χ3n) is 4.63. The second-order valence-electron chi connectivity index (χ2n) is 7.17. The highest BCUT2D eigenvalue weighted by Crippen LogP contribution is 2.36. The molecule has 5 nitrogen and oxygen atoms in total. The van der Waals surface area contributed by atoms with Gasteiger partial charge in [0.2, 0.25) is 0 Å². The fourth-order valence-corrected chi connectivity index (χ4v) is 3.05. The predicted octanol–water partition coefficient (Wildman–Crippen LogP) is 4.03. The van der Waals surface area contributed by atoms with Crippen LogP contribution in [0.2, 0.25) is 0 Å². The number of Topliss-reactive ketones (excluding diaryl/α,β-unsaturated/α-hetero) is 1. The van der Waals surface area contributed by atoms with E-state index in [9.17, 15) is 9.59 Å². The van der Waals surface area contributed by atoms with Crippen molar-refractivity contribution in [3.05, 3.63) is 53.6 Å². The molecule has 0 saturated carbocycles. The Hall–Kier alpha value is -2.82. The van der Waals surface area contributed by atoms with Crippen molar-refractivity contribution in [2.24, 2.45) is 5.92 Å². The predicted molar refractivity (Wildman–Crippen MR) is 105 cm³/mol. The number of hydrogen-bond acceptors (Lipinski definition) is 4. The minimum absolute atomic E-state index is 0.0404. The highest BCUT2D eigenvalue weighted by molar-refractivity contribution is 6.02. The molecule has 5 heteroatoms. The van der Waals surface area contributed by atoms with Gasteiger partial charge in [0.1, 0.15) is 18.1 Å². The van der Waals surface area contributed by atoms with Crippen molar-refractivity contribution in [1.82, 2.24) is 0 Å². The first-order chi connectivity index (χ1) is 12.9. The average Bonchev–Trinajstić information content (AvgIpc) is 2.64. The fraction of sp³-hybridized carbons (Fsp3) is 0.364. The van der Waals surface area contributed by atoms with Gasteiger partial charge in [-0.3, -0.25) is 9.59 Å². The fourth-order valence-electron chi connectivity index (χ4n) is 3.05. The molecule has 1 aliphatic rings. The number of carbonyl (C=O) groups is 2. The summed E-state index contributed by atoms with van der Waals surface area (Å²) in [6.07, 6.45) is -0.542. The second-order valence-corrected chi connectivity index (χ2v) is 7.17. The number of nitrogens with zero attached hydrogens (tertiary/aromatic N) is 1. The molecule has 27 heavy (non-hydrogen) atoms. The monoisotopic (exact) mass is 367 g/mol. The van der Waals surface area contributed by atoms with Gasteiger partial charge in [0.25, 0.3) is 5.91 Å². The van der Waals surface area contributed by atoms with Crippen LogP contribution < -0.4 is 14.4 Å². The Morgan fingerprint density at radius 2 is 1.89 bits per heavy atom. The summed E-state index contributed by atoms with van der Waals surface area (Å²) in [6, 6.07) is 13.0. The quantitative estimate of drug-likeness (QED) is 0.724. The van der Waals surface area contributed by atoms with Crippen LogP contribution in [-0.2, 0) is 4.79 Å². The summed E-state index contributed by atoms with van der Waals surface area (Å²) in [5, 5.41) is 0. The van der Waals surface area contributed by atoms with Crippen molar-refractivity contribution in [2.45, 2.75) is 33.8 Å². The molecule has 142 valence electrons. The van der Waals surface area contributed by atoms with E-state index < -0.39 is 6.10 Å². The number of carbonyl (C=O) groups excluding carboxylic acids is 2. The van der Waals surface area contributed by atoms with Crippen molar-refractivity contribution in [3.63, 3.8) is 0 Å². The maximum atomic E-state index is 13.0. The van der Waals surface area contributed by atoms with Crippen LogP contribution in [0.3, 0.4) is 0 Å². The Balaban J connectivity index is 1.82. The van der Waals surface area contributed by atoms with E-state index >= 15 is 0 Å². The smallest absolute Gasteiger partial charge is 0.268 e. The number of ketones is 1. The maximum absolute atomic E-state index is 13.0. The summed E-state index contributed by atoms with van der Waals surface area (Å²) < 4.78 is 11.7. The zero-order valence-electron chi connectivity index (χ0n) is 16.2. The number of benzene rings is 2. The van der Waals surface area contributed by atoms with Gasteiger partial charge >= 0.3 is 0 Å². The lowest BCUT2D eigenvalue weighted by Gasteiger charge is -2.36. The van der Waals surface area contributed by atoms with E-state index in [4.69, 9.17) is 9.47 Å². The molecule has 1 amide bonds. The number of ether oxygens (including phenoxy) is 2. The molecule has 1 aliphatic heterocycles. The van der Waals surface area contributed by atoms with Gasteiger partial charge in [0.05, 0.1) is 12.2 Å². The average molecular weight is 367 g/mol. The summed E-state index contributed by atoms with van der Waals surface area (Å²) in [6.45, 7) is 8.18. The number of fused-ring (bicyclic) bond motifs is 1. The van der Waals surface area contributed by atoms with Crippen molar-refractivity contribution < 1.29 is 19.1 Å². The van der Waals surface area contributed by atoms with E-state index in [1.165, 1.54) is 6.92 Å². The minimum Gasteiger partial charge on any atom is -0.492 e. The summed E-state index contributed by atoms with van der Waals surface area (Å²) in [5.41, 5.74) is 2.34. The van der Waals surface area contributed by atoms with Gasteiger partial charge in [-0.05, 0) is 50.1 Å². The normalized spacial score (nSPS) is 16.1. The van der Waals surface area contributed by atoms with Crippen molar-refractivity contribution in [3.8, 4) is 11.5 Å². The summed E-state index contributed by atoms with van der Waals surface area (Å²) >= 11 is 0. The van der Waals surface area contributed by atoms with Crippen molar-refractivity contribution >= 4 is 17.4 Å². The van der Waals surface area contributed by atoms with E-state index in [0.29, 0.717) is 30.2 Å². The second kappa shape index (κ2) is 7.82. The Bertz CT molecular complexity index is 842. The summed E-state index contributed by atoms with van der Waals surface area (Å²) in [5.74, 6) is 1.27. The van der Waals surface area contributed by atoms with Gasteiger partial charge < -0.3 is 14.4 Å². The Kier molecular flexibility index (Phi) is 5.49. The molecule has 2 aromatic rings. The highest BCUT2D eigenvalue weighted by atomic mass is 16.5. The number of aryl methyl sites for hydroxylation is 1. The number of amides is 1. The van der Waals surface area contributed by atoms with Gasteiger partial charge in [-0.25, -0.2) is 0 Å². The molecule has 0 N–H and O–H groups in total. The third kappa shape index (κ3) is 4.13. The standard InChI is InChI=1S/C22H25NO4/c1-14(2)21-22(25)23(11-12-26-18-8-5-15(3)6-9-18)19-13-17(16(4)24)7-10-20(19)27-21/h5-10,13-14,21H,11-12H2,1-4H3. The Morgan fingerprint density at radius 1 is 1.19 bits per heavy atom. The zero-order valence-corrected chi connectivity index (χ0v) is 16.2. The van der Waals surface area contributed by atoms with Gasteiger partial charge in [0, 0.05) is 5.56 Å². The number of hydrogen-bond donors (Lipinski definition) is 0. The lowest BCUT2D eigenvalue weighted by molar-refractivity contribution is -0.128.